The number of nitrogens with one attached hydrogen (secondary N) is 1. The molecule has 1 nitrogen and oxygen atoms in total. The number of alkyl halides is 3. The highest BCUT2D eigenvalue weighted by Gasteiger charge is 2.31. The fraction of sp³-hybridized carbons (Fsp3) is 0.500. The summed E-state index contributed by atoms with van der Waals surface area (Å²) in [4.78, 5) is 0.245. The average molecular weight is 293 g/mol. The van der Waals surface area contributed by atoms with Crippen molar-refractivity contribution in [3.05, 3.63) is 24.3 Å². The van der Waals surface area contributed by atoms with Gasteiger partial charge in [0.15, 0.2) is 0 Å². The Balaban J connectivity index is 2.12. The molecule has 2 unspecified atom stereocenters. The first kappa shape index (κ1) is 13.9. The summed E-state index contributed by atoms with van der Waals surface area (Å²) in [7, 11) is 0. The molecular formula is C12H14F3NS2. The van der Waals surface area contributed by atoms with Gasteiger partial charge in [0, 0.05) is 21.9 Å². The molecule has 0 saturated carbocycles. The zero-order chi connectivity index (χ0) is 13.2. The van der Waals surface area contributed by atoms with Crippen molar-refractivity contribution >= 4 is 29.2 Å². The maximum atomic E-state index is 12.4. The smallest absolute Gasteiger partial charge is 0.380 e. The molecule has 0 aromatic heterocycles. The number of halogens is 3. The van der Waals surface area contributed by atoms with E-state index in [0.717, 1.165) is 12.2 Å². The number of hydrogen-bond donors (Lipinski definition) is 1. The second-order valence-corrected chi connectivity index (χ2v) is 6.75. The molecule has 0 aliphatic carbocycles. The van der Waals surface area contributed by atoms with Crippen LogP contribution in [0, 0.1) is 0 Å². The highest BCUT2D eigenvalue weighted by Crippen LogP contribution is 2.41. The minimum absolute atomic E-state index is 0.0573. The number of hydrogen-bond acceptors (Lipinski definition) is 3. The van der Waals surface area contributed by atoms with Crippen molar-refractivity contribution in [1.29, 1.82) is 0 Å². The van der Waals surface area contributed by atoms with Gasteiger partial charge in [-0.15, -0.1) is 0 Å². The number of anilines is 1. The van der Waals surface area contributed by atoms with Crippen LogP contribution in [-0.4, -0.2) is 22.6 Å². The summed E-state index contributed by atoms with van der Waals surface area (Å²) >= 11 is 1.79. The van der Waals surface area contributed by atoms with Crippen molar-refractivity contribution < 1.29 is 13.2 Å². The van der Waals surface area contributed by atoms with E-state index in [9.17, 15) is 13.2 Å². The molecule has 0 radical (unpaired) electrons. The number of benzene rings is 1. The monoisotopic (exact) mass is 293 g/mol. The number of para-hydroxylation sites is 1. The quantitative estimate of drug-likeness (QED) is 0.818. The maximum absolute atomic E-state index is 12.4. The van der Waals surface area contributed by atoms with E-state index in [0.29, 0.717) is 10.9 Å². The largest absolute Gasteiger partial charge is 0.446 e. The summed E-state index contributed by atoms with van der Waals surface area (Å²) in [5.74, 6) is 1.06. The van der Waals surface area contributed by atoms with E-state index in [1.807, 2.05) is 11.8 Å². The molecule has 1 aliphatic rings. The zero-order valence-electron chi connectivity index (χ0n) is 9.83. The Morgan fingerprint density at radius 3 is 2.67 bits per heavy atom. The van der Waals surface area contributed by atoms with Crippen LogP contribution < -0.4 is 5.32 Å². The highest BCUT2D eigenvalue weighted by molar-refractivity contribution is 8.00. The van der Waals surface area contributed by atoms with Crippen LogP contribution in [0.4, 0.5) is 18.9 Å². The lowest BCUT2D eigenvalue weighted by Gasteiger charge is -2.20. The van der Waals surface area contributed by atoms with E-state index in [4.69, 9.17) is 0 Å². The second kappa shape index (κ2) is 5.65. The Morgan fingerprint density at radius 2 is 2.06 bits per heavy atom. The lowest BCUT2D eigenvalue weighted by Crippen LogP contribution is -2.25. The van der Waals surface area contributed by atoms with Crippen molar-refractivity contribution in [2.75, 3.05) is 11.1 Å². The zero-order valence-corrected chi connectivity index (χ0v) is 11.5. The summed E-state index contributed by atoms with van der Waals surface area (Å²) in [5, 5.41) is 3.68. The van der Waals surface area contributed by atoms with E-state index in [-0.39, 0.29) is 22.7 Å². The van der Waals surface area contributed by atoms with Crippen LogP contribution in [0.5, 0.6) is 0 Å². The van der Waals surface area contributed by atoms with Gasteiger partial charge < -0.3 is 5.32 Å². The summed E-state index contributed by atoms with van der Waals surface area (Å²) in [6.07, 6.45) is 0.997. The fourth-order valence-electron chi connectivity index (χ4n) is 1.92. The third-order valence-electron chi connectivity index (χ3n) is 2.83. The first-order valence-corrected chi connectivity index (χ1v) is 7.55. The van der Waals surface area contributed by atoms with Gasteiger partial charge in [-0.25, -0.2) is 0 Å². The van der Waals surface area contributed by atoms with Crippen molar-refractivity contribution in [3.63, 3.8) is 0 Å². The van der Waals surface area contributed by atoms with Crippen molar-refractivity contribution in [1.82, 2.24) is 0 Å². The minimum Gasteiger partial charge on any atom is -0.380 e. The first-order valence-electron chi connectivity index (χ1n) is 5.68. The van der Waals surface area contributed by atoms with E-state index in [2.05, 4.69) is 12.2 Å². The number of rotatable bonds is 3. The molecule has 1 aromatic rings. The predicted molar refractivity (Wildman–Crippen MR) is 72.3 cm³/mol. The van der Waals surface area contributed by atoms with E-state index in [1.165, 1.54) is 6.07 Å². The second-order valence-electron chi connectivity index (χ2n) is 4.16. The van der Waals surface area contributed by atoms with Crippen LogP contribution in [-0.2, 0) is 0 Å². The summed E-state index contributed by atoms with van der Waals surface area (Å²) < 4.78 is 37.3. The molecular weight excluding hydrogens is 279 g/mol. The van der Waals surface area contributed by atoms with E-state index >= 15 is 0 Å². The first-order chi connectivity index (χ1) is 8.46. The van der Waals surface area contributed by atoms with Gasteiger partial charge >= 0.3 is 5.51 Å². The Kier molecular flexibility index (Phi) is 4.37. The Hall–Kier alpha value is -0.490. The summed E-state index contributed by atoms with van der Waals surface area (Å²) in [6, 6.07) is 6.86. The third-order valence-corrected chi connectivity index (χ3v) is 4.96. The Labute approximate surface area is 113 Å². The van der Waals surface area contributed by atoms with Crippen LogP contribution in [0.1, 0.15) is 13.3 Å². The van der Waals surface area contributed by atoms with Gasteiger partial charge in [-0.05, 0) is 36.1 Å². The summed E-state index contributed by atoms with van der Waals surface area (Å²) in [5.41, 5.74) is -3.66. The molecule has 1 aliphatic heterocycles. The molecule has 0 bridgehead atoms. The highest BCUT2D eigenvalue weighted by atomic mass is 32.2. The van der Waals surface area contributed by atoms with Crippen LogP contribution >= 0.6 is 23.5 Å². The molecule has 1 fully saturated rings. The van der Waals surface area contributed by atoms with Crippen LogP contribution in [0.25, 0.3) is 0 Å². The van der Waals surface area contributed by atoms with Crippen LogP contribution in [0.15, 0.2) is 29.2 Å². The van der Waals surface area contributed by atoms with Gasteiger partial charge in [-0.3, -0.25) is 0 Å². The molecule has 2 rings (SSSR count). The van der Waals surface area contributed by atoms with Gasteiger partial charge in [-0.1, -0.05) is 19.1 Å². The Bertz CT molecular complexity index is 409. The number of thioether (sulfide) groups is 2. The van der Waals surface area contributed by atoms with Gasteiger partial charge in [0.1, 0.15) is 0 Å². The molecule has 1 saturated heterocycles. The van der Waals surface area contributed by atoms with E-state index < -0.39 is 5.51 Å². The van der Waals surface area contributed by atoms with Gasteiger partial charge in [0.25, 0.3) is 0 Å². The van der Waals surface area contributed by atoms with Crippen LogP contribution in [0.2, 0.25) is 0 Å². The lowest BCUT2D eigenvalue weighted by molar-refractivity contribution is -0.0327. The lowest BCUT2D eigenvalue weighted by atomic mass is 10.1. The predicted octanol–water partition coefficient (Wildman–Crippen LogP) is 4.60. The molecule has 0 amide bonds. The maximum Gasteiger partial charge on any atom is 0.446 e. The van der Waals surface area contributed by atoms with Crippen LogP contribution in [0.3, 0.4) is 0 Å². The molecule has 1 N–H and O–H groups in total. The molecule has 6 heteroatoms. The topological polar surface area (TPSA) is 12.0 Å². The SMILES string of the molecule is CC1SCCC1Nc1ccccc1SC(F)(F)F. The Morgan fingerprint density at radius 1 is 1.33 bits per heavy atom. The molecule has 2 atom stereocenters. The fourth-order valence-corrected chi connectivity index (χ4v) is 3.75. The average Bonchev–Trinajstić information content (AvgIpc) is 2.65. The minimum atomic E-state index is -4.24. The van der Waals surface area contributed by atoms with Crippen molar-refractivity contribution in [2.45, 2.75) is 35.0 Å². The summed E-state index contributed by atoms with van der Waals surface area (Å²) in [6.45, 7) is 2.11. The third kappa shape index (κ3) is 3.75. The molecule has 18 heavy (non-hydrogen) atoms. The van der Waals surface area contributed by atoms with Crippen molar-refractivity contribution in [2.24, 2.45) is 0 Å². The molecule has 100 valence electrons. The van der Waals surface area contributed by atoms with E-state index in [1.54, 1.807) is 18.2 Å². The normalized spacial score (nSPS) is 24.2. The molecule has 0 spiro atoms. The van der Waals surface area contributed by atoms with Gasteiger partial charge in [0.05, 0.1) is 0 Å². The standard InChI is InChI=1S/C12H14F3NS2/c1-8-9(6-7-17-8)16-10-4-2-3-5-11(10)18-12(13,14)15/h2-5,8-9,16H,6-7H2,1H3. The molecule has 1 aromatic carbocycles. The van der Waals surface area contributed by atoms with Crippen molar-refractivity contribution in [3.8, 4) is 0 Å². The van der Waals surface area contributed by atoms with Gasteiger partial charge in [-0.2, -0.15) is 24.9 Å². The van der Waals surface area contributed by atoms with Gasteiger partial charge in [0.2, 0.25) is 0 Å². The molecule has 1 heterocycles.